The van der Waals surface area contributed by atoms with Gasteiger partial charge < -0.3 is 9.64 Å². The topological polar surface area (TPSA) is 64.4 Å². The van der Waals surface area contributed by atoms with E-state index in [9.17, 15) is 14.0 Å². The molecule has 27 heavy (non-hydrogen) atoms. The molecule has 2 aromatic heterocycles. The Morgan fingerprint density at radius 1 is 1.15 bits per heavy atom. The van der Waals surface area contributed by atoms with Crippen LogP contribution in [0.1, 0.15) is 15.9 Å². The second kappa shape index (κ2) is 7.28. The van der Waals surface area contributed by atoms with Crippen LogP contribution in [0.5, 0.6) is 0 Å². The maximum atomic E-state index is 13.2. The zero-order chi connectivity index (χ0) is 18.8. The first-order valence-electron chi connectivity index (χ1n) is 8.73. The molecule has 1 aliphatic rings. The minimum atomic E-state index is -0.401. The molecule has 0 spiro atoms. The molecule has 6 nitrogen and oxygen atoms in total. The number of hydrogen-bond acceptors (Lipinski definition) is 4. The van der Waals surface area contributed by atoms with E-state index < -0.39 is 5.56 Å². The summed E-state index contributed by atoms with van der Waals surface area (Å²) in [4.78, 5) is 32.0. The third-order valence-electron chi connectivity index (χ3n) is 4.63. The van der Waals surface area contributed by atoms with E-state index in [1.807, 2.05) is 6.07 Å². The number of carbonyl (C=O) groups is 1. The third-order valence-corrected chi connectivity index (χ3v) is 4.63. The molecule has 1 fully saturated rings. The van der Waals surface area contributed by atoms with Gasteiger partial charge in [-0.1, -0.05) is 12.1 Å². The van der Waals surface area contributed by atoms with Crippen molar-refractivity contribution in [1.82, 2.24) is 14.5 Å². The van der Waals surface area contributed by atoms with Crippen molar-refractivity contribution in [3.63, 3.8) is 0 Å². The van der Waals surface area contributed by atoms with Crippen LogP contribution in [0.3, 0.4) is 0 Å². The summed E-state index contributed by atoms with van der Waals surface area (Å²) in [5.74, 6) is -0.646. The molecule has 7 heteroatoms. The van der Waals surface area contributed by atoms with Gasteiger partial charge in [0.15, 0.2) is 0 Å². The Labute approximate surface area is 154 Å². The minimum absolute atomic E-state index is 0.111. The minimum Gasteiger partial charge on any atom is -0.378 e. The van der Waals surface area contributed by atoms with Gasteiger partial charge in [-0.15, -0.1) is 0 Å². The fraction of sp³-hybridized carbons (Fsp3) is 0.250. The van der Waals surface area contributed by atoms with Crippen molar-refractivity contribution in [3.8, 4) is 0 Å². The van der Waals surface area contributed by atoms with E-state index in [2.05, 4.69) is 4.98 Å². The lowest BCUT2D eigenvalue weighted by Gasteiger charge is -2.27. The quantitative estimate of drug-likeness (QED) is 0.711. The van der Waals surface area contributed by atoms with Gasteiger partial charge in [0, 0.05) is 24.7 Å². The van der Waals surface area contributed by atoms with E-state index >= 15 is 0 Å². The number of hydrogen-bond donors (Lipinski definition) is 0. The summed E-state index contributed by atoms with van der Waals surface area (Å²) in [6.07, 6.45) is 1.60. The number of halogens is 1. The van der Waals surface area contributed by atoms with Crippen LogP contribution in [0, 0.1) is 5.82 Å². The van der Waals surface area contributed by atoms with Gasteiger partial charge >= 0.3 is 0 Å². The summed E-state index contributed by atoms with van der Waals surface area (Å²) >= 11 is 0. The Bertz CT molecular complexity index is 1040. The van der Waals surface area contributed by atoms with E-state index in [4.69, 9.17) is 4.74 Å². The smallest absolute Gasteiger partial charge is 0.265 e. The lowest BCUT2D eigenvalue weighted by Crippen LogP contribution is -2.43. The average molecular weight is 367 g/mol. The molecule has 3 aromatic rings. The molecular formula is C20H18FN3O3. The number of fused-ring (bicyclic) bond motifs is 1. The van der Waals surface area contributed by atoms with Crippen molar-refractivity contribution in [2.75, 3.05) is 26.3 Å². The van der Waals surface area contributed by atoms with Crippen LogP contribution in [-0.4, -0.2) is 46.7 Å². The summed E-state index contributed by atoms with van der Waals surface area (Å²) in [5.41, 5.74) is 0.952. The summed E-state index contributed by atoms with van der Waals surface area (Å²) < 4.78 is 19.9. The molecule has 0 N–H and O–H groups in total. The van der Waals surface area contributed by atoms with E-state index in [-0.39, 0.29) is 23.8 Å². The van der Waals surface area contributed by atoms with Crippen molar-refractivity contribution >= 4 is 16.9 Å². The number of rotatable bonds is 3. The van der Waals surface area contributed by atoms with Gasteiger partial charge in [-0.2, -0.15) is 0 Å². The number of aromatic nitrogens is 2. The van der Waals surface area contributed by atoms with E-state index in [0.29, 0.717) is 37.3 Å². The first kappa shape index (κ1) is 17.4. The van der Waals surface area contributed by atoms with Crippen LogP contribution in [0.25, 0.3) is 11.0 Å². The molecule has 4 rings (SSSR count). The van der Waals surface area contributed by atoms with Crippen LogP contribution in [0.15, 0.2) is 53.5 Å². The molecule has 0 bridgehead atoms. The van der Waals surface area contributed by atoms with Gasteiger partial charge in [0.05, 0.1) is 19.8 Å². The number of pyridine rings is 2. The molecule has 3 heterocycles. The molecular weight excluding hydrogens is 349 g/mol. The molecule has 138 valence electrons. The highest BCUT2D eigenvalue weighted by molar-refractivity contribution is 5.97. The zero-order valence-electron chi connectivity index (χ0n) is 14.6. The number of morpholine rings is 1. The fourth-order valence-corrected chi connectivity index (χ4v) is 3.22. The first-order valence-corrected chi connectivity index (χ1v) is 8.73. The van der Waals surface area contributed by atoms with Gasteiger partial charge in [-0.05, 0) is 35.9 Å². The predicted molar refractivity (Wildman–Crippen MR) is 98.2 cm³/mol. The number of benzene rings is 1. The van der Waals surface area contributed by atoms with Crippen molar-refractivity contribution in [1.29, 1.82) is 0 Å². The molecule has 0 radical (unpaired) electrons. The largest absolute Gasteiger partial charge is 0.378 e. The van der Waals surface area contributed by atoms with E-state index in [1.165, 1.54) is 16.7 Å². The van der Waals surface area contributed by atoms with Crippen molar-refractivity contribution in [2.24, 2.45) is 0 Å². The number of nitrogens with zero attached hydrogens (tertiary/aromatic N) is 3. The predicted octanol–water partition coefficient (Wildman–Crippen LogP) is 2.06. The summed E-state index contributed by atoms with van der Waals surface area (Å²) in [7, 11) is 0. The molecule has 0 saturated carbocycles. The van der Waals surface area contributed by atoms with Crippen molar-refractivity contribution < 1.29 is 13.9 Å². The molecule has 0 unspecified atom stereocenters. The SMILES string of the molecule is O=C(c1cc2cccnc2n(Cc2ccc(F)cc2)c1=O)N1CCOCC1. The Morgan fingerprint density at radius 2 is 1.89 bits per heavy atom. The highest BCUT2D eigenvalue weighted by Gasteiger charge is 2.23. The normalized spacial score (nSPS) is 14.5. The molecule has 1 aromatic carbocycles. The number of carbonyl (C=O) groups excluding carboxylic acids is 1. The van der Waals surface area contributed by atoms with E-state index in [1.54, 1.807) is 35.4 Å². The average Bonchev–Trinajstić information content (AvgIpc) is 2.71. The van der Waals surface area contributed by atoms with Crippen molar-refractivity contribution in [3.05, 3.63) is 76.0 Å². The van der Waals surface area contributed by atoms with Crippen LogP contribution >= 0.6 is 0 Å². The van der Waals surface area contributed by atoms with Gasteiger partial charge in [-0.3, -0.25) is 14.2 Å². The Hall–Kier alpha value is -3.06. The molecule has 1 saturated heterocycles. The van der Waals surface area contributed by atoms with Gasteiger partial charge in [-0.25, -0.2) is 9.37 Å². The highest BCUT2D eigenvalue weighted by Crippen LogP contribution is 2.15. The standard InChI is InChI=1S/C20H18FN3O3/c21-16-5-3-14(4-6-16)13-24-18-15(2-1-7-22-18)12-17(20(24)26)19(25)23-8-10-27-11-9-23/h1-7,12H,8-11,13H2. The number of amides is 1. The van der Waals surface area contributed by atoms with E-state index in [0.717, 1.165) is 5.56 Å². The third kappa shape index (κ3) is 3.46. The zero-order valence-corrected chi connectivity index (χ0v) is 14.6. The summed E-state index contributed by atoms with van der Waals surface area (Å²) in [6, 6.07) is 11.1. The second-order valence-corrected chi connectivity index (χ2v) is 6.40. The molecule has 0 aliphatic carbocycles. The van der Waals surface area contributed by atoms with Crippen LogP contribution in [0.2, 0.25) is 0 Å². The molecule has 1 aliphatic heterocycles. The van der Waals surface area contributed by atoms with Gasteiger partial charge in [0.1, 0.15) is 17.0 Å². The molecule has 1 amide bonds. The van der Waals surface area contributed by atoms with Gasteiger partial charge in [0.2, 0.25) is 0 Å². The second-order valence-electron chi connectivity index (χ2n) is 6.40. The summed E-state index contributed by atoms with van der Waals surface area (Å²) in [5, 5.41) is 0.704. The van der Waals surface area contributed by atoms with Crippen molar-refractivity contribution in [2.45, 2.75) is 6.54 Å². The highest BCUT2D eigenvalue weighted by atomic mass is 19.1. The summed E-state index contributed by atoms with van der Waals surface area (Å²) in [6.45, 7) is 2.05. The monoisotopic (exact) mass is 367 g/mol. The van der Waals surface area contributed by atoms with Crippen LogP contribution in [-0.2, 0) is 11.3 Å². The van der Waals surface area contributed by atoms with Crippen LogP contribution in [0.4, 0.5) is 4.39 Å². The molecule has 0 atom stereocenters. The van der Waals surface area contributed by atoms with Gasteiger partial charge in [0.25, 0.3) is 11.5 Å². The Balaban J connectivity index is 1.81. The Kier molecular flexibility index (Phi) is 4.68. The fourth-order valence-electron chi connectivity index (χ4n) is 3.22. The Morgan fingerprint density at radius 3 is 2.63 bits per heavy atom. The number of ether oxygens (including phenoxy) is 1. The lowest BCUT2D eigenvalue weighted by molar-refractivity contribution is 0.0301. The lowest BCUT2D eigenvalue weighted by atomic mass is 10.1. The van der Waals surface area contributed by atoms with Crippen LogP contribution < -0.4 is 5.56 Å². The maximum absolute atomic E-state index is 13.2. The first-order chi connectivity index (χ1) is 13.1. The maximum Gasteiger partial charge on any atom is 0.265 e.